The van der Waals surface area contributed by atoms with Gasteiger partial charge in [0.15, 0.2) is 0 Å². The summed E-state index contributed by atoms with van der Waals surface area (Å²) in [5, 5.41) is 1.29. The quantitative estimate of drug-likeness (QED) is 0.682. The summed E-state index contributed by atoms with van der Waals surface area (Å²) in [6.07, 6.45) is 1.71. The van der Waals surface area contributed by atoms with Crippen LogP contribution in [-0.4, -0.2) is 6.21 Å². The number of rotatable bonds is 2. The van der Waals surface area contributed by atoms with Gasteiger partial charge in [0, 0.05) is 21.8 Å². The van der Waals surface area contributed by atoms with Crippen molar-refractivity contribution in [2.24, 2.45) is 4.99 Å². The molecular weight excluding hydrogens is 241 g/mol. The van der Waals surface area contributed by atoms with Crippen LogP contribution in [0.2, 0.25) is 10.0 Å². The fourth-order valence-electron chi connectivity index (χ4n) is 1.27. The molecule has 0 aliphatic carbocycles. The molecule has 0 spiro atoms. The molecule has 2 aromatic carbocycles. The Balaban J connectivity index is 2.27. The number of nitrogens with zero attached hydrogens (tertiary/aromatic N) is 1. The van der Waals surface area contributed by atoms with E-state index in [0.717, 1.165) is 11.3 Å². The molecule has 0 aliphatic rings. The topological polar surface area (TPSA) is 12.4 Å². The molecule has 0 aromatic heterocycles. The van der Waals surface area contributed by atoms with Gasteiger partial charge in [-0.2, -0.15) is 0 Å². The van der Waals surface area contributed by atoms with Crippen LogP contribution in [0.1, 0.15) is 5.56 Å². The van der Waals surface area contributed by atoms with Gasteiger partial charge in [0.25, 0.3) is 0 Å². The molecule has 0 N–H and O–H groups in total. The van der Waals surface area contributed by atoms with E-state index < -0.39 is 0 Å². The highest BCUT2D eigenvalue weighted by molar-refractivity contribution is 6.35. The highest BCUT2D eigenvalue weighted by Crippen LogP contribution is 2.20. The standard InChI is InChI=1S/C13H9Cl2N/c14-11-6-7-13(15)10(8-11)9-16-12-4-2-1-3-5-12/h1-9H. The molecule has 0 saturated heterocycles. The van der Waals surface area contributed by atoms with E-state index >= 15 is 0 Å². The first-order valence-electron chi connectivity index (χ1n) is 4.80. The molecule has 0 aliphatic heterocycles. The second-order valence-electron chi connectivity index (χ2n) is 3.26. The second kappa shape index (κ2) is 5.15. The lowest BCUT2D eigenvalue weighted by molar-refractivity contribution is 1.53. The predicted molar refractivity (Wildman–Crippen MR) is 70.2 cm³/mol. The number of halogens is 2. The van der Waals surface area contributed by atoms with Crippen LogP contribution in [-0.2, 0) is 0 Å². The Morgan fingerprint density at radius 2 is 1.69 bits per heavy atom. The molecule has 0 fully saturated rings. The van der Waals surface area contributed by atoms with Crippen molar-refractivity contribution in [2.45, 2.75) is 0 Å². The van der Waals surface area contributed by atoms with Gasteiger partial charge in [-0.25, -0.2) is 0 Å². The van der Waals surface area contributed by atoms with E-state index in [9.17, 15) is 0 Å². The normalized spacial score (nSPS) is 10.9. The zero-order chi connectivity index (χ0) is 11.4. The van der Waals surface area contributed by atoms with Crippen molar-refractivity contribution >= 4 is 35.1 Å². The summed E-state index contributed by atoms with van der Waals surface area (Å²) < 4.78 is 0. The van der Waals surface area contributed by atoms with Crippen molar-refractivity contribution in [3.63, 3.8) is 0 Å². The SMILES string of the molecule is Clc1ccc(Cl)c(C=Nc2ccccc2)c1. The molecule has 0 bridgehead atoms. The van der Waals surface area contributed by atoms with E-state index in [1.807, 2.05) is 30.3 Å². The van der Waals surface area contributed by atoms with Crippen molar-refractivity contribution < 1.29 is 0 Å². The highest BCUT2D eigenvalue weighted by Gasteiger charge is 1.97. The summed E-state index contributed by atoms with van der Waals surface area (Å²) in [5.41, 5.74) is 1.71. The Kier molecular flexibility index (Phi) is 3.60. The van der Waals surface area contributed by atoms with E-state index in [0.29, 0.717) is 10.0 Å². The number of hydrogen-bond acceptors (Lipinski definition) is 1. The molecule has 0 saturated carbocycles. The lowest BCUT2D eigenvalue weighted by Gasteiger charge is -1.98. The molecule has 0 radical (unpaired) electrons. The lowest BCUT2D eigenvalue weighted by Crippen LogP contribution is -1.82. The largest absolute Gasteiger partial charge is 0.256 e. The first-order valence-corrected chi connectivity index (χ1v) is 5.55. The third-order valence-corrected chi connectivity index (χ3v) is 2.65. The number of hydrogen-bond donors (Lipinski definition) is 0. The van der Waals surface area contributed by atoms with Gasteiger partial charge in [-0.15, -0.1) is 0 Å². The zero-order valence-electron chi connectivity index (χ0n) is 8.40. The maximum absolute atomic E-state index is 6.01. The first kappa shape index (κ1) is 11.2. The number of aliphatic imine (C=N–C) groups is 1. The Hall–Kier alpha value is -1.31. The van der Waals surface area contributed by atoms with Gasteiger partial charge >= 0.3 is 0 Å². The van der Waals surface area contributed by atoms with Crippen molar-refractivity contribution in [3.8, 4) is 0 Å². The summed E-state index contributed by atoms with van der Waals surface area (Å²) in [6.45, 7) is 0. The molecule has 2 rings (SSSR count). The number of benzene rings is 2. The van der Waals surface area contributed by atoms with Crippen LogP contribution in [0.15, 0.2) is 53.5 Å². The van der Waals surface area contributed by atoms with Crippen LogP contribution in [0.4, 0.5) is 5.69 Å². The van der Waals surface area contributed by atoms with Crippen LogP contribution in [0.25, 0.3) is 0 Å². The van der Waals surface area contributed by atoms with Crippen LogP contribution in [0.3, 0.4) is 0 Å². The fourth-order valence-corrected chi connectivity index (χ4v) is 1.62. The van der Waals surface area contributed by atoms with Gasteiger partial charge in [0.1, 0.15) is 0 Å². The van der Waals surface area contributed by atoms with Gasteiger partial charge in [-0.3, -0.25) is 4.99 Å². The van der Waals surface area contributed by atoms with E-state index in [-0.39, 0.29) is 0 Å². The molecule has 80 valence electrons. The third kappa shape index (κ3) is 2.84. The highest BCUT2D eigenvalue weighted by atomic mass is 35.5. The minimum absolute atomic E-state index is 0.643. The third-order valence-electron chi connectivity index (χ3n) is 2.07. The Morgan fingerprint density at radius 3 is 2.44 bits per heavy atom. The molecule has 0 heterocycles. The Labute approximate surface area is 104 Å². The monoisotopic (exact) mass is 249 g/mol. The first-order chi connectivity index (χ1) is 7.75. The van der Waals surface area contributed by atoms with Gasteiger partial charge in [-0.05, 0) is 30.3 Å². The summed E-state index contributed by atoms with van der Waals surface area (Å²) in [6, 6.07) is 15.0. The van der Waals surface area contributed by atoms with Crippen LogP contribution in [0, 0.1) is 0 Å². The average Bonchev–Trinajstić information content (AvgIpc) is 2.32. The predicted octanol–water partition coefficient (Wildman–Crippen LogP) is 4.74. The fraction of sp³-hybridized carbons (Fsp3) is 0. The molecule has 0 atom stereocenters. The maximum Gasteiger partial charge on any atom is 0.0629 e. The van der Waals surface area contributed by atoms with Crippen molar-refractivity contribution in [1.82, 2.24) is 0 Å². The number of para-hydroxylation sites is 1. The van der Waals surface area contributed by atoms with Gasteiger partial charge in [0.05, 0.1) is 5.69 Å². The average molecular weight is 250 g/mol. The van der Waals surface area contributed by atoms with Crippen molar-refractivity contribution in [1.29, 1.82) is 0 Å². The zero-order valence-corrected chi connectivity index (χ0v) is 9.91. The van der Waals surface area contributed by atoms with Gasteiger partial charge in [0.2, 0.25) is 0 Å². The summed E-state index contributed by atoms with van der Waals surface area (Å²) in [7, 11) is 0. The summed E-state index contributed by atoms with van der Waals surface area (Å²) in [4.78, 5) is 4.31. The van der Waals surface area contributed by atoms with Gasteiger partial charge in [-0.1, -0.05) is 41.4 Å². The van der Waals surface area contributed by atoms with E-state index in [1.165, 1.54) is 0 Å². The van der Waals surface area contributed by atoms with E-state index in [1.54, 1.807) is 24.4 Å². The Bertz CT molecular complexity index is 507. The minimum atomic E-state index is 0.643. The minimum Gasteiger partial charge on any atom is -0.256 e. The van der Waals surface area contributed by atoms with Gasteiger partial charge < -0.3 is 0 Å². The smallest absolute Gasteiger partial charge is 0.0629 e. The molecule has 16 heavy (non-hydrogen) atoms. The molecule has 1 nitrogen and oxygen atoms in total. The summed E-state index contributed by atoms with van der Waals surface area (Å²) >= 11 is 11.9. The van der Waals surface area contributed by atoms with Crippen molar-refractivity contribution in [3.05, 3.63) is 64.1 Å². The molecule has 0 amide bonds. The summed E-state index contributed by atoms with van der Waals surface area (Å²) in [5.74, 6) is 0. The second-order valence-corrected chi connectivity index (χ2v) is 4.10. The maximum atomic E-state index is 6.01. The Morgan fingerprint density at radius 1 is 0.938 bits per heavy atom. The van der Waals surface area contributed by atoms with E-state index in [4.69, 9.17) is 23.2 Å². The molecule has 3 heteroatoms. The van der Waals surface area contributed by atoms with E-state index in [2.05, 4.69) is 4.99 Å². The lowest BCUT2D eigenvalue weighted by atomic mass is 10.2. The van der Waals surface area contributed by atoms with Crippen molar-refractivity contribution in [2.75, 3.05) is 0 Å². The molecule has 2 aromatic rings. The van der Waals surface area contributed by atoms with Crippen LogP contribution < -0.4 is 0 Å². The van der Waals surface area contributed by atoms with Crippen LogP contribution >= 0.6 is 23.2 Å². The molecular formula is C13H9Cl2N. The van der Waals surface area contributed by atoms with Crippen LogP contribution in [0.5, 0.6) is 0 Å². The molecule has 0 unspecified atom stereocenters.